The number of hydrogen-bond donors (Lipinski definition) is 6. The minimum absolute atomic E-state index is 0.00831. The number of nitrogens with one attached hydrogen (secondary N) is 4. The summed E-state index contributed by atoms with van der Waals surface area (Å²) >= 11 is 0. The van der Waals surface area contributed by atoms with Crippen molar-refractivity contribution < 1.29 is 28.8 Å². The number of likely N-dealkylation sites (N-methyl/N-ethyl adjacent to an activating group) is 1. The summed E-state index contributed by atoms with van der Waals surface area (Å²) in [6.45, 7) is 8.60. The third kappa shape index (κ3) is 14.0. The van der Waals surface area contributed by atoms with E-state index in [0.29, 0.717) is 30.7 Å². The zero-order chi connectivity index (χ0) is 39.8. The van der Waals surface area contributed by atoms with Crippen LogP contribution in [0.15, 0.2) is 65.8 Å². The second-order valence-electron chi connectivity index (χ2n) is 14.7. The van der Waals surface area contributed by atoms with Crippen LogP contribution in [0.1, 0.15) is 64.5 Å². The highest BCUT2D eigenvalue weighted by molar-refractivity contribution is 6.16. The summed E-state index contributed by atoms with van der Waals surface area (Å²) in [5.41, 5.74) is 14.1. The number of amides is 5. The summed E-state index contributed by atoms with van der Waals surface area (Å²) in [6.07, 6.45) is 3.92. The highest BCUT2D eigenvalue weighted by atomic mass is 16.2. The van der Waals surface area contributed by atoms with Crippen molar-refractivity contribution in [3.8, 4) is 0 Å². The van der Waals surface area contributed by atoms with Crippen molar-refractivity contribution in [1.29, 1.82) is 0 Å². The van der Waals surface area contributed by atoms with Crippen molar-refractivity contribution >= 4 is 52.9 Å². The number of H-pyrrole nitrogens is 1. The molecule has 54 heavy (non-hydrogen) atoms. The van der Waals surface area contributed by atoms with Crippen LogP contribution in [0, 0.1) is 11.8 Å². The van der Waals surface area contributed by atoms with Gasteiger partial charge in [-0.2, -0.15) is 0 Å². The van der Waals surface area contributed by atoms with E-state index < -0.39 is 53.7 Å². The van der Waals surface area contributed by atoms with Crippen LogP contribution in [0.4, 0.5) is 0 Å². The average Bonchev–Trinajstić information content (AvgIpc) is 3.52. The van der Waals surface area contributed by atoms with Crippen LogP contribution in [0.3, 0.4) is 0 Å². The molecule has 5 atom stereocenters. The van der Waals surface area contributed by atoms with Gasteiger partial charge in [-0.1, -0.05) is 76.2 Å². The Hall–Kier alpha value is -5.21. The number of nitrogens with two attached hydrogens (primary N) is 2. The Morgan fingerprint density at radius 1 is 0.815 bits per heavy atom. The monoisotopic (exact) mass is 744 g/mol. The van der Waals surface area contributed by atoms with E-state index in [1.807, 2.05) is 56.1 Å². The van der Waals surface area contributed by atoms with Gasteiger partial charge in [-0.25, -0.2) is 4.99 Å². The summed E-state index contributed by atoms with van der Waals surface area (Å²) in [5, 5.41) is 9.18. The Morgan fingerprint density at radius 2 is 1.43 bits per heavy atom. The molecule has 0 saturated heterocycles. The number of primary amides is 1. The summed E-state index contributed by atoms with van der Waals surface area (Å²) in [7, 11) is 1.82. The zero-order valence-corrected chi connectivity index (χ0v) is 31.9. The number of aromatic nitrogens is 1. The SMILES string of the molecule is CC(C)CC(N)CN(C)[C@@H](CC(C)C)C(=O)N[C@@H](CCC(N)=O)C(=O)N[C@@H](Cc1c[nH]c2ccccc12)C(=O)N[C@@H](Cc1ccccc1)C(=O)N=CC=O. The Balaban J connectivity index is 1.94. The lowest BCUT2D eigenvalue weighted by Crippen LogP contribution is -2.58. The van der Waals surface area contributed by atoms with Gasteiger partial charge in [0.2, 0.25) is 23.6 Å². The van der Waals surface area contributed by atoms with Crippen LogP contribution in [-0.4, -0.2) is 95.7 Å². The van der Waals surface area contributed by atoms with Gasteiger partial charge in [-0.3, -0.25) is 33.7 Å². The van der Waals surface area contributed by atoms with E-state index in [2.05, 4.69) is 39.8 Å². The lowest BCUT2D eigenvalue weighted by atomic mass is 9.98. The van der Waals surface area contributed by atoms with Crippen molar-refractivity contribution in [1.82, 2.24) is 25.8 Å². The molecular formula is C40H56N8O6. The molecule has 1 unspecified atom stereocenters. The van der Waals surface area contributed by atoms with Crippen LogP contribution in [0.5, 0.6) is 0 Å². The molecule has 14 heteroatoms. The van der Waals surface area contributed by atoms with Crippen LogP contribution in [0.2, 0.25) is 0 Å². The van der Waals surface area contributed by atoms with Crippen molar-refractivity contribution in [3.63, 3.8) is 0 Å². The molecule has 292 valence electrons. The van der Waals surface area contributed by atoms with E-state index >= 15 is 0 Å². The van der Waals surface area contributed by atoms with Crippen molar-refractivity contribution in [3.05, 3.63) is 71.9 Å². The van der Waals surface area contributed by atoms with Crippen molar-refractivity contribution in [2.24, 2.45) is 28.3 Å². The molecule has 2 aromatic carbocycles. The molecule has 0 spiro atoms. The Morgan fingerprint density at radius 3 is 2.07 bits per heavy atom. The highest BCUT2D eigenvalue weighted by Crippen LogP contribution is 2.20. The molecule has 1 aromatic heterocycles. The standard InChI is InChI=1S/C40H56N8O6/c1-25(2)19-29(41)24-48(5)35(20-26(3)4)40(54)45-32(15-16-36(42)50)38(52)47-34(22-28-23-44-31-14-10-9-13-30(28)31)39(53)46-33(37(51)43-17-18-49)21-27-11-7-6-8-12-27/h6-14,17-18,23,25-26,29,32-35,44H,15-16,19-22,24,41H2,1-5H3,(H2,42,50)(H,45,54)(H,46,53)(H,47,52)/t29?,32-,33-,34-,35-/m0/s1. The summed E-state index contributed by atoms with van der Waals surface area (Å²) in [5.74, 6) is -2.74. The number of rotatable bonds is 22. The first-order valence-corrected chi connectivity index (χ1v) is 18.4. The van der Waals surface area contributed by atoms with Crippen molar-refractivity contribution in [2.45, 2.75) is 96.4 Å². The Bertz CT molecular complexity index is 1740. The van der Waals surface area contributed by atoms with Crippen LogP contribution in [0.25, 0.3) is 10.9 Å². The summed E-state index contributed by atoms with van der Waals surface area (Å²) in [4.78, 5) is 86.9. The molecule has 3 rings (SSSR count). The number of hydrogen-bond acceptors (Lipinski definition) is 8. The normalized spacial score (nSPS) is 14.5. The third-order valence-corrected chi connectivity index (χ3v) is 9.03. The molecule has 0 aliphatic carbocycles. The fourth-order valence-corrected chi connectivity index (χ4v) is 6.45. The lowest BCUT2D eigenvalue weighted by Gasteiger charge is -2.32. The van der Waals surface area contributed by atoms with Gasteiger partial charge in [0.05, 0.1) is 12.3 Å². The van der Waals surface area contributed by atoms with E-state index in [0.717, 1.165) is 29.1 Å². The van der Waals surface area contributed by atoms with Gasteiger partial charge in [-0.15, -0.1) is 0 Å². The first kappa shape index (κ1) is 43.2. The van der Waals surface area contributed by atoms with E-state index in [9.17, 15) is 28.8 Å². The van der Waals surface area contributed by atoms with Gasteiger partial charge >= 0.3 is 0 Å². The van der Waals surface area contributed by atoms with Crippen LogP contribution in [-0.2, 0) is 41.6 Å². The van der Waals surface area contributed by atoms with E-state index in [-0.39, 0.29) is 37.6 Å². The first-order chi connectivity index (χ1) is 25.7. The van der Waals surface area contributed by atoms with Gasteiger partial charge in [0, 0.05) is 48.9 Å². The zero-order valence-electron chi connectivity index (χ0n) is 31.9. The minimum atomic E-state index is -1.24. The number of carbonyl (C=O) groups is 6. The molecular weight excluding hydrogens is 688 g/mol. The third-order valence-electron chi connectivity index (χ3n) is 9.03. The molecule has 0 aliphatic heterocycles. The first-order valence-electron chi connectivity index (χ1n) is 18.4. The van der Waals surface area contributed by atoms with Gasteiger partial charge < -0.3 is 32.4 Å². The number of aliphatic imine (C=N–C) groups is 1. The van der Waals surface area contributed by atoms with E-state index in [1.54, 1.807) is 30.5 Å². The molecule has 5 amide bonds. The average molecular weight is 745 g/mol. The van der Waals surface area contributed by atoms with Crippen molar-refractivity contribution in [2.75, 3.05) is 13.6 Å². The van der Waals surface area contributed by atoms with E-state index in [1.165, 1.54) is 0 Å². The molecule has 0 aliphatic rings. The quantitative estimate of drug-likeness (QED) is 0.0660. The molecule has 0 bridgehead atoms. The maximum absolute atomic E-state index is 14.1. The van der Waals surface area contributed by atoms with Gasteiger partial charge in [0.25, 0.3) is 5.91 Å². The summed E-state index contributed by atoms with van der Waals surface area (Å²) < 4.78 is 0. The predicted molar refractivity (Wildman–Crippen MR) is 209 cm³/mol. The fraction of sp³-hybridized carbons (Fsp3) is 0.475. The number of aldehydes is 1. The number of aromatic amines is 1. The van der Waals surface area contributed by atoms with Gasteiger partial charge in [0.15, 0.2) is 6.29 Å². The molecule has 3 aromatic rings. The topological polar surface area (TPSA) is 222 Å². The predicted octanol–water partition coefficient (Wildman–Crippen LogP) is 2.19. The Kier molecular flexibility index (Phi) is 17.2. The van der Waals surface area contributed by atoms with Crippen LogP contribution >= 0.6 is 0 Å². The largest absolute Gasteiger partial charge is 0.370 e. The maximum atomic E-state index is 14.1. The lowest BCUT2D eigenvalue weighted by molar-refractivity contribution is -0.135. The highest BCUT2D eigenvalue weighted by Gasteiger charge is 2.33. The maximum Gasteiger partial charge on any atom is 0.268 e. The fourth-order valence-electron chi connectivity index (χ4n) is 6.45. The number of nitrogens with zero attached hydrogens (tertiary/aromatic N) is 2. The second-order valence-corrected chi connectivity index (χ2v) is 14.7. The smallest absolute Gasteiger partial charge is 0.268 e. The van der Waals surface area contributed by atoms with E-state index in [4.69, 9.17) is 11.5 Å². The molecule has 0 saturated carbocycles. The number of para-hydroxylation sites is 1. The summed E-state index contributed by atoms with van der Waals surface area (Å²) in [6, 6.07) is 12.0. The molecule has 1 heterocycles. The van der Waals surface area contributed by atoms with Gasteiger partial charge in [-0.05, 0) is 55.3 Å². The Labute approximate surface area is 317 Å². The van der Waals surface area contributed by atoms with Gasteiger partial charge in [0.1, 0.15) is 18.1 Å². The molecule has 14 nitrogen and oxygen atoms in total. The van der Waals surface area contributed by atoms with Crippen LogP contribution < -0.4 is 27.4 Å². The molecule has 0 radical (unpaired) electrons. The molecule has 0 fully saturated rings. The number of fused-ring (bicyclic) bond motifs is 1. The minimum Gasteiger partial charge on any atom is -0.370 e. The molecule has 8 N–H and O–H groups in total. The number of carbonyl (C=O) groups excluding carboxylic acids is 6. The number of benzene rings is 2. The second kappa shape index (κ2) is 21.5.